The lowest BCUT2D eigenvalue weighted by molar-refractivity contribution is 1.05. The van der Waals surface area contributed by atoms with Gasteiger partial charge in [-0.1, -0.05) is 41.5 Å². The molecule has 0 bridgehead atoms. The van der Waals surface area contributed by atoms with Crippen molar-refractivity contribution < 1.29 is 0 Å². The van der Waals surface area contributed by atoms with Gasteiger partial charge in [0, 0.05) is 5.38 Å². The van der Waals surface area contributed by atoms with Crippen LogP contribution in [-0.2, 0) is 0 Å². The minimum atomic E-state index is -1.41. The van der Waals surface area contributed by atoms with Crippen molar-refractivity contribution in [3.05, 3.63) is 10.9 Å². The third kappa shape index (κ3) is 3.04. The molecule has 1 aromatic heterocycles. The average Bonchev–Trinajstić information content (AvgIpc) is 3.02. The SMILES string of the molecule is CC[Si](CC)(CC)N(c1cscn1)[Si](CC)(CC)CC. The van der Waals surface area contributed by atoms with Crippen LogP contribution in [0.3, 0.4) is 0 Å². The topological polar surface area (TPSA) is 16.1 Å². The molecular weight excluding hydrogens is 296 g/mol. The van der Waals surface area contributed by atoms with Crippen molar-refractivity contribution in [2.75, 3.05) is 4.23 Å². The summed E-state index contributed by atoms with van der Waals surface area (Å²) in [5.74, 6) is 1.31. The minimum Gasteiger partial charge on any atom is -0.408 e. The third-order valence-corrected chi connectivity index (χ3v) is 19.2. The molecule has 0 atom stereocenters. The Balaban J connectivity index is 3.42. The first-order chi connectivity index (χ1) is 9.59. The van der Waals surface area contributed by atoms with Crippen molar-refractivity contribution in [1.29, 1.82) is 0 Å². The summed E-state index contributed by atoms with van der Waals surface area (Å²) in [7, 11) is -2.82. The van der Waals surface area contributed by atoms with Gasteiger partial charge < -0.3 is 4.23 Å². The molecule has 1 heterocycles. The van der Waals surface area contributed by atoms with Crippen molar-refractivity contribution in [3.8, 4) is 0 Å². The van der Waals surface area contributed by atoms with Crippen molar-refractivity contribution in [2.24, 2.45) is 0 Å². The first-order valence-corrected chi connectivity index (χ1v) is 14.4. The maximum absolute atomic E-state index is 4.75. The first-order valence-electron chi connectivity index (χ1n) is 8.28. The van der Waals surface area contributed by atoms with Gasteiger partial charge in [-0.15, -0.1) is 11.3 Å². The van der Waals surface area contributed by atoms with E-state index in [0.29, 0.717) is 0 Å². The van der Waals surface area contributed by atoms with Gasteiger partial charge in [-0.25, -0.2) is 4.98 Å². The molecule has 0 amide bonds. The fraction of sp³-hybridized carbons (Fsp3) is 0.800. The Labute approximate surface area is 131 Å². The highest BCUT2D eigenvalue weighted by atomic mass is 32.1. The van der Waals surface area contributed by atoms with E-state index in [1.807, 2.05) is 5.51 Å². The maximum Gasteiger partial charge on any atom is 0.148 e. The molecular formula is C15H32N2SSi2. The highest BCUT2D eigenvalue weighted by molar-refractivity contribution is 7.09. The number of hydrogen-bond donors (Lipinski definition) is 0. The molecule has 1 aromatic rings. The Kier molecular flexibility index (Phi) is 6.94. The summed E-state index contributed by atoms with van der Waals surface area (Å²) in [6.07, 6.45) is 0. The van der Waals surface area contributed by atoms with E-state index in [-0.39, 0.29) is 0 Å². The van der Waals surface area contributed by atoms with E-state index < -0.39 is 16.5 Å². The smallest absolute Gasteiger partial charge is 0.148 e. The van der Waals surface area contributed by atoms with Crippen LogP contribution in [0.5, 0.6) is 0 Å². The van der Waals surface area contributed by atoms with E-state index >= 15 is 0 Å². The number of rotatable bonds is 9. The zero-order valence-electron chi connectivity index (χ0n) is 14.2. The Morgan fingerprint density at radius 2 is 1.25 bits per heavy atom. The van der Waals surface area contributed by atoms with Crippen LogP contribution in [0.25, 0.3) is 0 Å². The molecule has 0 aromatic carbocycles. The number of nitrogens with zero attached hydrogens (tertiary/aromatic N) is 2. The van der Waals surface area contributed by atoms with E-state index in [0.717, 1.165) is 0 Å². The Morgan fingerprint density at radius 1 is 0.850 bits per heavy atom. The van der Waals surface area contributed by atoms with E-state index in [9.17, 15) is 0 Å². The number of aromatic nitrogens is 1. The molecule has 0 aliphatic heterocycles. The lowest BCUT2D eigenvalue weighted by Crippen LogP contribution is -2.66. The summed E-state index contributed by atoms with van der Waals surface area (Å²) in [5.41, 5.74) is 2.02. The molecule has 0 saturated heterocycles. The fourth-order valence-corrected chi connectivity index (χ4v) is 17.4. The molecule has 1 rings (SSSR count). The molecule has 116 valence electrons. The second kappa shape index (κ2) is 7.75. The van der Waals surface area contributed by atoms with Crippen LogP contribution in [0, 0.1) is 0 Å². The fourth-order valence-electron chi connectivity index (χ4n) is 3.75. The zero-order valence-corrected chi connectivity index (χ0v) is 17.0. The van der Waals surface area contributed by atoms with Crippen LogP contribution >= 0.6 is 11.3 Å². The lowest BCUT2D eigenvalue weighted by atomic mass is 10.8. The second-order valence-electron chi connectivity index (χ2n) is 5.75. The molecule has 5 heteroatoms. The molecule has 0 N–H and O–H groups in total. The predicted octanol–water partition coefficient (Wildman–Crippen LogP) is 5.96. The van der Waals surface area contributed by atoms with E-state index in [2.05, 4.69) is 51.2 Å². The van der Waals surface area contributed by atoms with Gasteiger partial charge in [-0.05, 0) is 36.3 Å². The van der Waals surface area contributed by atoms with Gasteiger partial charge in [0.1, 0.15) is 22.3 Å². The summed E-state index contributed by atoms with van der Waals surface area (Å²) in [5, 5.41) is 2.30. The summed E-state index contributed by atoms with van der Waals surface area (Å²) >= 11 is 1.75. The Hall–Kier alpha value is -0.136. The summed E-state index contributed by atoms with van der Waals surface area (Å²) in [6, 6.07) is 8.12. The van der Waals surface area contributed by atoms with Crippen molar-refractivity contribution in [3.63, 3.8) is 0 Å². The molecule has 0 spiro atoms. The van der Waals surface area contributed by atoms with Crippen molar-refractivity contribution in [1.82, 2.24) is 4.98 Å². The predicted molar refractivity (Wildman–Crippen MR) is 99.0 cm³/mol. The van der Waals surface area contributed by atoms with Gasteiger partial charge in [-0.2, -0.15) is 0 Å². The Morgan fingerprint density at radius 3 is 1.50 bits per heavy atom. The zero-order chi connectivity index (χ0) is 15.2. The second-order valence-corrected chi connectivity index (χ2v) is 17.0. The lowest BCUT2D eigenvalue weighted by Gasteiger charge is -2.52. The molecule has 0 fully saturated rings. The van der Waals surface area contributed by atoms with Gasteiger partial charge >= 0.3 is 0 Å². The summed E-state index contributed by atoms with van der Waals surface area (Å²) < 4.78 is 2.97. The van der Waals surface area contributed by atoms with Crippen LogP contribution in [0.1, 0.15) is 41.5 Å². The molecule has 0 saturated carbocycles. The van der Waals surface area contributed by atoms with Gasteiger partial charge in [0.2, 0.25) is 0 Å². The van der Waals surface area contributed by atoms with Gasteiger partial charge in [0.15, 0.2) is 0 Å². The van der Waals surface area contributed by atoms with Crippen LogP contribution in [0.15, 0.2) is 10.9 Å². The summed E-state index contributed by atoms with van der Waals surface area (Å²) in [4.78, 5) is 4.75. The highest BCUT2D eigenvalue weighted by Crippen LogP contribution is 2.39. The van der Waals surface area contributed by atoms with Gasteiger partial charge in [0.25, 0.3) is 0 Å². The van der Waals surface area contributed by atoms with E-state index in [1.165, 1.54) is 42.1 Å². The molecule has 20 heavy (non-hydrogen) atoms. The van der Waals surface area contributed by atoms with Crippen LogP contribution in [0.2, 0.25) is 36.3 Å². The standard InChI is InChI=1S/C15H32N2SSi2/c1-7-19(8-2,9-3)17(15-13-18-14-16-15)20(10-4,11-5)12-6/h13-14H,7-12H2,1-6H3. The first kappa shape index (κ1) is 17.9. The molecule has 0 unspecified atom stereocenters. The maximum atomic E-state index is 4.75. The van der Waals surface area contributed by atoms with Gasteiger partial charge in [0.05, 0.1) is 5.51 Å². The number of thiazole rings is 1. The minimum absolute atomic E-state index is 1.31. The Bertz CT molecular complexity index is 337. The number of anilines is 1. The normalized spacial score (nSPS) is 12.7. The van der Waals surface area contributed by atoms with E-state index in [4.69, 9.17) is 4.98 Å². The van der Waals surface area contributed by atoms with E-state index in [1.54, 1.807) is 11.3 Å². The molecule has 0 aliphatic rings. The monoisotopic (exact) mass is 328 g/mol. The van der Waals surface area contributed by atoms with Crippen LogP contribution in [0.4, 0.5) is 5.82 Å². The van der Waals surface area contributed by atoms with Crippen molar-refractivity contribution >= 4 is 33.6 Å². The van der Waals surface area contributed by atoms with Crippen LogP contribution < -0.4 is 4.23 Å². The molecule has 0 aliphatic carbocycles. The molecule has 2 nitrogen and oxygen atoms in total. The number of hydrogen-bond acceptors (Lipinski definition) is 3. The van der Waals surface area contributed by atoms with Crippen LogP contribution in [-0.4, -0.2) is 21.5 Å². The summed E-state index contributed by atoms with van der Waals surface area (Å²) in [6.45, 7) is 14.5. The largest absolute Gasteiger partial charge is 0.408 e. The van der Waals surface area contributed by atoms with Crippen molar-refractivity contribution in [2.45, 2.75) is 77.8 Å². The van der Waals surface area contributed by atoms with Gasteiger partial charge in [-0.3, -0.25) is 0 Å². The third-order valence-electron chi connectivity index (χ3n) is 5.55. The molecule has 0 radical (unpaired) electrons. The highest BCUT2D eigenvalue weighted by Gasteiger charge is 2.46. The quantitative estimate of drug-likeness (QED) is 0.520. The average molecular weight is 329 g/mol.